The van der Waals surface area contributed by atoms with E-state index in [0.29, 0.717) is 12.1 Å². The molecule has 0 radical (unpaired) electrons. The van der Waals surface area contributed by atoms with Gasteiger partial charge in [0, 0.05) is 18.6 Å². The van der Waals surface area contributed by atoms with E-state index >= 15 is 0 Å². The Bertz CT molecular complexity index is 243. The average Bonchev–Trinajstić information content (AvgIpc) is 2.59. The van der Waals surface area contributed by atoms with Crippen LogP contribution in [0.4, 0.5) is 0 Å². The van der Waals surface area contributed by atoms with Crippen molar-refractivity contribution >= 4 is 0 Å². The first-order valence-corrected chi connectivity index (χ1v) is 5.61. The molecule has 1 saturated carbocycles. The van der Waals surface area contributed by atoms with Gasteiger partial charge in [-0.1, -0.05) is 13.8 Å². The van der Waals surface area contributed by atoms with Crippen molar-refractivity contribution in [2.75, 3.05) is 6.54 Å². The number of nitrogens with zero attached hydrogens (tertiary/aromatic N) is 1. The molecule has 0 aromatic rings. The van der Waals surface area contributed by atoms with Gasteiger partial charge in [-0.3, -0.25) is 5.32 Å². The van der Waals surface area contributed by atoms with Crippen LogP contribution in [0.1, 0.15) is 26.7 Å². The second-order valence-electron chi connectivity index (χ2n) is 4.87. The number of rotatable bonds is 1. The zero-order valence-corrected chi connectivity index (χ0v) is 8.96. The van der Waals surface area contributed by atoms with Crippen molar-refractivity contribution in [3.05, 3.63) is 0 Å². The summed E-state index contributed by atoms with van der Waals surface area (Å²) in [7, 11) is 0. The van der Waals surface area contributed by atoms with Gasteiger partial charge in [0.25, 0.3) is 0 Å². The third-order valence-electron chi connectivity index (χ3n) is 3.69. The fourth-order valence-corrected chi connectivity index (χ4v) is 2.91. The Morgan fingerprint density at radius 2 is 2.14 bits per heavy atom. The lowest BCUT2D eigenvalue weighted by atomic mass is 9.89. The van der Waals surface area contributed by atoms with Crippen LogP contribution in [-0.4, -0.2) is 24.7 Å². The maximum atomic E-state index is 8.83. The molecule has 3 heteroatoms. The van der Waals surface area contributed by atoms with Crippen LogP contribution in [0.5, 0.6) is 0 Å². The molecule has 1 saturated heterocycles. The van der Waals surface area contributed by atoms with E-state index in [-0.39, 0.29) is 6.04 Å². The average molecular weight is 193 g/mol. The highest BCUT2D eigenvalue weighted by atomic mass is 15.1. The normalized spacial score (nSPS) is 42.1. The van der Waals surface area contributed by atoms with Crippen molar-refractivity contribution < 1.29 is 0 Å². The van der Waals surface area contributed by atoms with Crippen molar-refractivity contribution in [3.63, 3.8) is 0 Å². The van der Waals surface area contributed by atoms with Gasteiger partial charge in [-0.2, -0.15) is 5.26 Å². The van der Waals surface area contributed by atoms with Gasteiger partial charge >= 0.3 is 0 Å². The summed E-state index contributed by atoms with van der Waals surface area (Å²) in [4.78, 5) is 0. The summed E-state index contributed by atoms with van der Waals surface area (Å²) in [5.74, 6) is 1.53. The van der Waals surface area contributed by atoms with Gasteiger partial charge in [-0.15, -0.1) is 0 Å². The summed E-state index contributed by atoms with van der Waals surface area (Å²) in [5, 5.41) is 15.8. The molecule has 2 N–H and O–H groups in total. The van der Waals surface area contributed by atoms with Crippen molar-refractivity contribution in [2.45, 2.75) is 44.8 Å². The molecule has 2 fully saturated rings. The number of fused-ring (bicyclic) bond motifs is 1. The Hall–Kier alpha value is -0.590. The van der Waals surface area contributed by atoms with E-state index in [4.69, 9.17) is 5.26 Å². The number of hydrogen-bond donors (Lipinski definition) is 2. The highest BCUT2D eigenvalue weighted by molar-refractivity contribution is 5.06. The Balaban J connectivity index is 2.00. The largest absolute Gasteiger partial charge is 0.310 e. The number of hydrogen-bond acceptors (Lipinski definition) is 3. The lowest BCUT2D eigenvalue weighted by Gasteiger charge is -2.35. The summed E-state index contributed by atoms with van der Waals surface area (Å²) in [6.07, 6.45) is 2.52. The summed E-state index contributed by atoms with van der Waals surface area (Å²) >= 11 is 0. The fourth-order valence-electron chi connectivity index (χ4n) is 2.91. The lowest BCUT2D eigenvalue weighted by Crippen LogP contribution is -2.60. The molecule has 14 heavy (non-hydrogen) atoms. The summed E-state index contributed by atoms with van der Waals surface area (Å²) in [6, 6.07) is 3.43. The molecule has 1 aliphatic heterocycles. The highest BCUT2D eigenvalue weighted by Gasteiger charge is 2.40. The van der Waals surface area contributed by atoms with Crippen LogP contribution in [0.25, 0.3) is 0 Å². The number of piperazine rings is 1. The molecule has 78 valence electrons. The van der Waals surface area contributed by atoms with Crippen LogP contribution in [0, 0.1) is 23.2 Å². The summed E-state index contributed by atoms with van der Waals surface area (Å²) in [6.45, 7) is 5.40. The molecule has 1 heterocycles. The van der Waals surface area contributed by atoms with Gasteiger partial charge in [0.15, 0.2) is 0 Å². The first-order chi connectivity index (χ1) is 6.72. The first kappa shape index (κ1) is 9.95. The molecule has 0 aromatic carbocycles. The van der Waals surface area contributed by atoms with Crippen LogP contribution < -0.4 is 10.6 Å². The van der Waals surface area contributed by atoms with Gasteiger partial charge < -0.3 is 5.32 Å². The lowest BCUT2D eigenvalue weighted by molar-refractivity contribution is 0.246. The van der Waals surface area contributed by atoms with E-state index in [2.05, 4.69) is 30.6 Å². The van der Waals surface area contributed by atoms with Crippen molar-refractivity contribution in [1.82, 2.24) is 10.6 Å². The second kappa shape index (κ2) is 3.88. The van der Waals surface area contributed by atoms with Crippen LogP contribution >= 0.6 is 0 Å². The van der Waals surface area contributed by atoms with E-state index in [1.165, 1.54) is 12.8 Å². The topological polar surface area (TPSA) is 47.9 Å². The Morgan fingerprint density at radius 3 is 2.79 bits per heavy atom. The van der Waals surface area contributed by atoms with Crippen molar-refractivity contribution in [2.24, 2.45) is 11.8 Å². The zero-order chi connectivity index (χ0) is 10.1. The molecule has 0 amide bonds. The Morgan fingerprint density at radius 1 is 1.36 bits per heavy atom. The van der Waals surface area contributed by atoms with Crippen LogP contribution in [0.15, 0.2) is 0 Å². The van der Waals surface area contributed by atoms with E-state index in [9.17, 15) is 0 Å². The second-order valence-corrected chi connectivity index (χ2v) is 4.87. The predicted octanol–water partition coefficient (Wildman–Crippen LogP) is 0.875. The quantitative estimate of drug-likeness (QED) is 0.650. The van der Waals surface area contributed by atoms with Gasteiger partial charge in [-0.25, -0.2) is 0 Å². The molecule has 1 aliphatic carbocycles. The molecule has 0 spiro atoms. The SMILES string of the molecule is CC(C)C1CCC2NC(C#N)CNC21. The molecule has 4 unspecified atom stereocenters. The third kappa shape index (κ3) is 1.65. The highest BCUT2D eigenvalue weighted by Crippen LogP contribution is 2.33. The minimum atomic E-state index is 0.0159. The molecule has 2 rings (SSSR count). The molecule has 0 aromatic heterocycles. The van der Waals surface area contributed by atoms with Crippen LogP contribution in [0.3, 0.4) is 0 Å². The first-order valence-electron chi connectivity index (χ1n) is 5.61. The van der Waals surface area contributed by atoms with E-state index in [1.807, 2.05) is 0 Å². The van der Waals surface area contributed by atoms with Gasteiger partial charge in [0.2, 0.25) is 0 Å². The number of nitriles is 1. The molecular formula is C11H19N3. The minimum absolute atomic E-state index is 0.0159. The molecule has 4 atom stereocenters. The summed E-state index contributed by atoms with van der Waals surface area (Å²) < 4.78 is 0. The monoisotopic (exact) mass is 193 g/mol. The molecule has 0 bridgehead atoms. The fraction of sp³-hybridized carbons (Fsp3) is 0.909. The van der Waals surface area contributed by atoms with Crippen LogP contribution in [0.2, 0.25) is 0 Å². The third-order valence-corrected chi connectivity index (χ3v) is 3.69. The smallest absolute Gasteiger partial charge is 0.108 e. The Labute approximate surface area is 85.9 Å². The molecule has 2 aliphatic rings. The van der Waals surface area contributed by atoms with Crippen molar-refractivity contribution in [3.8, 4) is 6.07 Å². The number of nitrogens with one attached hydrogen (secondary N) is 2. The molecular weight excluding hydrogens is 174 g/mol. The predicted molar refractivity (Wildman–Crippen MR) is 55.7 cm³/mol. The molecule has 3 nitrogen and oxygen atoms in total. The van der Waals surface area contributed by atoms with E-state index in [1.54, 1.807) is 0 Å². The maximum absolute atomic E-state index is 8.83. The standard InChI is InChI=1S/C11H19N3/c1-7(2)9-3-4-10-11(9)13-6-8(5-12)14-10/h7-11,13-14H,3-4,6H2,1-2H3. The van der Waals surface area contributed by atoms with Gasteiger partial charge in [0.05, 0.1) is 6.07 Å². The summed E-state index contributed by atoms with van der Waals surface area (Å²) in [5.41, 5.74) is 0. The van der Waals surface area contributed by atoms with Crippen LogP contribution in [-0.2, 0) is 0 Å². The van der Waals surface area contributed by atoms with Gasteiger partial charge in [-0.05, 0) is 24.7 Å². The maximum Gasteiger partial charge on any atom is 0.108 e. The minimum Gasteiger partial charge on any atom is -0.310 e. The van der Waals surface area contributed by atoms with E-state index in [0.717, 1.165) is 18.4 Å². The zero-order valence-electron chi connectivity index (χ0n) is 8.96. The van der Waals surface area contributed by atoms with Crippen molar-refractivity contribution in [1.29, 1.82) is 5.26 Å². The van der Waals surface area contributed by atoms with Gasteiger partial charge in [0.1, 0.15) is 6.04 Å². The Kier molecular flexibility index (Phi) is 2.76. The van der Waals surface area contributed by atoms with E-state index < -0.39 is 0 Å².